The average molecular weight is 356 g/mol. The molecule has 0 aliphatic heterocycles. The summed E-state index contributed by atoms with van der Waals surface area (Å²) in [5, 5.41) is 0. The molecule has 0 unspecified atom stereocenters. The minimum Gasteiger partial charge on any atom is -0.496 e. The number of ether oxygens (including phenoxy) is 1. The van der Waals surface area contributed by atoms with Crippen LogP contribution in [0.4, 0.5) is 5.69 Å². The molecule has 0 saturated carbocycles. The highest BCUT2D eigenvalue weighted by atomic mass is 79.9. The summed E-state index contributed by atoms with van der Waals surface area (Å²) in [6, 6.07) is 11.7. The number of rotatable bonds is 4. The standard InChI is InChI=1S/C14H14BrNO3S/c1-19-13-7-6-11(16)8-10(13)9-20(17,18)14-5-3-2-4-12(14)15/h2-8H,9,16H2,1H3. The van der Waals surface area contributed by atoms with E-state index in [4.69, 9.17) is 10.5 Å². The molecule has 0 saturated heterocycles. The fraction of sp³-hybridized carbons (Fsp3) is 0.143. The van der Waals surface area contributed by atoms with Crippen LogP contribution in [0.3, 0.4) is 0 Å². The predicted octanol–water partition coefficient (Wildman–Crippen LogP) is 3.01. The first-order valence-electron chi connectivity index (χ1n) is 5.84. The monoisotopic (exact) mass is 355 g/mol. The summed E-state index contributed by atoms with van der Waals surface area (Å²) in [5.74, 6) is 0.346. The fourth-order valence-electron chi connectivity index (χ4n) is 1.89. The van der Waals surface area contributed by atoms with E-state index in [0.29, 0.717) is 21.5 Å². The van der Waals surface area contributed by atoms with E-state index in [1.54, 1.807) is 42.5 Å². The molecule has 0 atom stereocenters. The molecule has 0 aliphatic rings. The van der Waals surface area contributed by atoms with E-state index < -0.39 is 9.84 Å². The second-order valence-corrected chi connectivity index (χ2v) is 7.07. The van der Waals surface area contributed by atoms with Gasteiger partial charge in [-0.3, -0.25) is 0 Å². The molecule has 106 valence electrons. The number of anilines is 1. The zero-order valence-electron chi connectivity index (χ0n) is 10.8. The van der Waals surface area contributed by atoms with Crippen LogP contribution in [0.5, 0.6) is 5.75 Å². The van der Waals surface area contributed by atoms with Crippen molar-refractivity contribution in [3.8, 4) is 5.75 Å². The smallest absolute Gasteiger partial charge is 0.183 e. The maximum atomic E-state index is 12.5. The van der Waals surface area contributed by atoms with Gasteiger partial charge in [-0.1, -0.05) is 12.1 Å². The van der Waals surface area contributed by atoms with Gasteiger partial charge in [-0.15, -0.1) is 0 Å². The van der Waals surface area contributed by atoms with Crippen molar-refractivity contribution >= 4 is 31.5 Å². The number of benzene rings is 2. The summed E-state index contributed by atoms with van der Waals surface area (Å²) in [6.07, 6.45) is 0. The van der Waals surface area contributed by atoms with Gasteiger partial charge in [-0.25, -0.2) is 8.42 Å². The first kappa shape index (κ1) is 14.9. The lowest BCUT2D eigenvalue weighted by Gasteiger charge is -2.11. The Morgan fingerprint density at radius 1 is 1.20 bits per heavy atom. The summed E-state index contributed by atoms with van der Waals surface area (Å²) in [4.78, 5) is 0.254. The zero-order valence-corrected chi connectivity index (χ0v) is 13.2. The van der Waals surface area contributed by atoms with Crippen LogP contribution in [0.1, 0.15) is 5.56 Å². The SMILES string of the molecule is COc1ccc(N)cc1CS(=O)(=O)c1ccccc1Br. The minimum absolute atomic E-state index is 0.163. The van der Waals surface area contributed by atoms with E-state index in [2.05, 4.69) is 15.9 Å². The van der Waals surface area contributed by atoms with Crippen molar-refractivity contribution in [2.45, 2.75) is 10.6 Å². The van der Waals surface area contributed by atoms with Gasteiger partial charge in [-0.2, -0.15) is 0 Å². The number of sulfone groups is 1. The molecule has 0 aliphatic carbocycles. The highest BCUT2D eigenvalue weighted by Gasteiger charge is 2.20. The Balaban J connectivity index is 2.44. The Labute approximate surface area is 126 Å². The minimum atomic E-state index is -3.48. The maximum absolute atomic E-state index is 12.5. The van der Waals surface area contributed by atoms with Gasteiger partial charge in [0, 0.05) is 15.7 Å². The molecular formula is C14H14BrNO3S. The van der Waals surface area contributed by atoms with Crippen LogP contribution < -0.4 is 10.5 Å². The van der Waals surface area contributed by atoms with Gasteiger partial charge in [0.05, 0.1) is 17.8 Å². The second kappa shape index (κ2) is 5.85. The van der Waals surface area contributed by atoms with E-state index in [0.717, 1.165) is 0 Å². The number of halogens is 1. The molecule has 20 heavy (non-hydrogen) atoms. The maximum Gasteiger partial charge on any atom is 0.183 e. The van der Waals surface area contributed by atoms with Gasteiger partial charge >= 0.3 is 0 Å². The van der Waals surface area contributed by atoms with Gasteiger partial charge in [0.2, 0.25) is 0 Å². The van der Waals surface area contributed by atoms with Crippen LogP contribution in [-0.2, 0) is 15.6 Å². The van der Waals surface area contributed by atoms with Crippen molar-refractivity contribution in [1.29, 1.82) is 0 Å². The van der Waals surface area contributed by atoms with E-state index in [1.807, 2.05) is 0 Å². The molecule has 0 aromatic heterocycles. The number of nitrogens with two attached hydrogens (primary N) is 1. The number of hydrogen-bond donors (Lipinski definition) is 1. The third-order valence-corrected chi connectivity index (χ3v) is 5.49. The molecule has 0 bridgehead atoms. The molecule has 0 radical (unpaired) electrons. The first-order chi connectivity index (χ1) is 9.44. The summed E-state index contributed by atoms with van der Waals surface area (Å²) >= 11 is 3.26. The summed E-state index contributed by atoms with van der Waals surface area (Å²) in [6.45, 7) is 0. The Hall–Kier alpha value is -1.53. The molecule has 0 amide bonds. The van der Waals surface area contributed by atoms with Gasteiger partial charge < -0.3 is 10.5 Å². The fourth-order valence-corrected chi connectivity index (χ4v) is 4.36. The third kappa shape index (κ3) is 3.13. The van der Waals surface area contributed by atoms with E-state index in [9.17, 15) is 8.42 Å². The summed E-state index contributed by atoms with van der Waals surface area (Å²) < 4.78 is 30.7. The highest BCUT2D eigenvalue weighted by Crippen LogP contribution is 2.29. The number of hydrogen-bond acceptors (Lipinski definition) is 4. The van der Waals surface area contributed by atoms with Crippen molar-refractivity contribution < 1.29 is 13.2 Å². The lowest BCUT2D eigenvalue weighted by molar-refractivity contribution is 0.411. The Morgan fingerprint density at radius 3 is 2.55 bits per heavy atom. The van der Waals surface area contributed by atoms with Crippen molar-refractivity contribution in [2.75, 3.05) is 12.8 Å². The Morgan fingerprint density at radius 2 is 1.90 bits per heavy atom. The quantitative estimate of drug-likeness (QED) is 0.855. The molecule has 2 aromatic carbocycles. The molecule has 2 rings (SSSR count). The van der Waals surface area contributed by atoms with Gasteiger partial charge in [0.25, 0.3) is 0 Å². The van der Waals surface area contributed by atoms with Crippen LogP contribution in [-0.4, -0.2) is 15.5 Å². The lowest BCUT2D eigenvalue weighted by Crippen LogP contribution is -2.07. The number of methoxy groups -OCH3 is 1. The van der Waals surface area contributed by atoms with Crippen molar-refractivity contribution in [3.63, 3.8) is 0 Å². The molecule has 2 N–H and O–H groups in total. The van der Waals surface area contributed by atoms with Crippen LogP contribution in [0.2, 0.25) is 0 Å². The average Bonchev–Trinajstić information content (AvgIpc) is 2.39. The Kier molecular flexibility index (Phi) is 4.35. The molecule has 6 heteroatoms. The molecule has 2 aromatic rings. The highest BCUT2D eigenvalue weighted by molar-refractivity contribution is 9.10. The first-order valence-corrected chi connectivity index (χ1v) is 8.28. The molecule has 0 fully saturated rings. The van der Waals surface area contributed by atoms with E-state index in [1.165, 1.54) is 7.11 Å². The van der Waals surface area contributed by atoms with Crippen LogP contribution in [0, 0.1) is 0 Å². The predicted molar refractivity (Wildman–Crippen MR) is 82.4 cm³/mol. The van der Waals surface area contributed by atoms with E-state index >= 15 is 0 Å². The van der Waals surface area contributed by atoms with Crippen molar-refractivity contribution in [1.82, 2.24) is 0 Å². The normalized spacial score (nSPS) is 11.3. The van der Waals surface area contributed by atoms with Crippen LogP contribution in [0.15, 0.2) is 51.8 Å². The third-order valence-electron chi connectivity index (χ3n) is 2.82. The van der Waals surface area contributed by atoms with Gasteiger partial charge in [0.15, 0.2) is 9.84 Å². The molecule has 4 nitrogen and oxygen atoms in total. The lowest BCUT2D eigenvalue weighted by atomic mass is 10.2. The summed E-state index contributed by atoms with van der Waals surface area (Å²) in [5.41, 5.74) is 6.76. The second-order valence-electron chi connectivity index (χ2n) is 4.26. The zero-order chi connectivity index (χ0) is 14.8. The van der Waals surface area contributed by atoms with Crippen molar-refractivity contribution in [3.05, 3.63) is 52.5 Å². The molecule has 0 heterocycles. The van der Waals surface area contributed by atoms with Gasteiger partial charge in [0.1, 0.15) is 5.75 Å². The topological polar surface area (TPSA) is 69.4 Å². The van der Waals surface area contributed by atoms with Gasteiger partial charge in [-0.05, 0) is 46.3 Å². The summed E-state index contributed by atoms with van der Waals surface area (Å²) in [7, 11) is -1.98. The molecule has 0 spiro atoms. The van der Waals surface area contributed by atoms with Crippen LogP contribution in [0.25, 0.3) is 0 Å². The van der Waals surface area contributed by atoms with E-state index in [-0.39, 0.29) is 10.6 Å². The molecular weight excluding hydrogens is 342 g/mol. The van der Waals surface area contributed by atoms with Crippen molar-refractivity contribution in [2.24, 2.45) is 0 Å². The Bertz CT molecular complexity index is 729. The van der Waals surface area contributed by atoms with Crippen LogP contribution >= 0.6 is 15.9 Å². The largest absolute Gasteiger partial charge is 0.496 e. The number of nitrogen functional groups attached to an aromatic ring is 1.